The van der Waals surface area contributed by atoms with Crippen molar-refractivity contribution in [2.24, 2.45) is 5.73 Å². The van der Waals surface area contributed by atoms with E-state index in [1.165, 1.54) is 0 Å². The summed E-state index contributed by atoms with van der Waals surface area (Å²) in [5.74, 6) is 0.734. The fraction of sp³-hybridized carbons (Fsp3) is 0.500. The summed E-state index contributed by atoms with van der Waals surface area (Å²) in [5, 5.41) is 3.55. The molecule has 4 nitrogen and oxygen atoms in total. The number of ether oxygens (including phenoxy) is 1. The van der Waals surface area contributed by atoms with E-state index in [-0.39, 0.29) is 11.9 Å². The fourth-order valence-corrected chi connectivity index (χ4v) is 1.97. The van der Waals surface area contributed by atoms with Gasteiger partial charge in [0.1, 0.15) is 5.75 Å². The van der Waals surface area contributed by atoms with Gasteiger partial charge >= 0.3 is 0 Å². The summed E-state index contributed by atoms with van der Waals surface area (Å²) in [6.07, 6.45) is 2.55. The van der Waals surface area contributed by atoms with Gasteiger partial charge in [0, 0.05) is 22.7 Å². The number of benzene rings is 1. The van der Waals surface area contributed by atoms with Crippen LogP contribution in [0.4, 0.5) is 0 Å². The summed E-state index contributed by atoms with van der Waals surface area (Å²) < 4.78 is 5.63. The van der Waals surface area contributed by atoms with E-state index in [2.05, 4.69) is 5.32 Å². The first-order chi connectivity index (χ1) is 9.06. The van der Waals surface area contributed by atoms with E-state index in [4.69, 9.17) is 22.1 Å². The van der Waals surface area contributed by atoms with Crippen LogP contribution in [0.1, 0.15) is 37.8 Å². The van der Waals surface area contributed by atoms with Crippen LogP contribution in [0.3, 0.4) is 0 Å². The third kappa shape index (κ3) is 4.40. The number of rotatable bonds is 6. The average Bonchev–Trinajstić information content (AvgIpc) is 3.14. The molecule has 1 fully saturated rings. The lowest BCUT2D eigenvalue weighted by Crippen LogP contribution is -2.26. The molecule has 3 N–H and O–H groups in total. The van der Waals surface area contributed by atoms with E-state index >= 15 is 0 Å². The second kappa shape index (κ2) is 6.26. The number of halogens is 1. The Labute approximate surface area is 118 Å². The lowest BCUT2D eigenvalue weighted by molar-refractivity contribution is -0.121. The molecule has 0 aliphatic heterocycles. The van der Waals surface area contributed by atoms with Crippen LogP contribution in [0.15, 0.2) is 18.2 Å². The Morgan fingerprint density at radius 3 is 2.95 bits per heavy atom. The molecule has 1 unspecified atom stereocenters. The maximum atomic E-state index is 11.5. The number of nitrogens with one attached hydrogen (secondary N) is 1. The topological polar surface area (TPSA) is 64.3 Å². The van der Waals surface area contributed by atoms with Gasteiger partial charge < -0.3 is 15.8 Å². The van der Waals surface area contributed by atoms with Gasteiger partial charge in [0.05, 0.1) is 13.0 Å². The molecule has 1 atom stereocenters. The Hall–Kier alpha value is -1.26. The Kier molecular flexibility index (Phi) is 4.66. The summed E-state index contributed by atoms with van der Waals surface area (Å²) in [6, 6.07) is 5.58. The number of carbonyl (C=O) groups is 1. The van der Waals surface area contributed by atoms with Gasteiger partial charge in [-0.3, -0.25) is 4.79 Å². The minimum atomic E-state index is -0.158. The molecule has 0 saturated heterocycles. The predicted octanol–water partition coefficient (Wildman–Crippen LogP) is 2.41. The van der Waals surface area contributed by atoms with Crippen molar-refractivity contribution in [3.63, 3.8) is 0 Å². The second-order valence-corrected chi connectivity index (χ2v) is 5.35. The molecular weight excluding hydrogens is 264 g/mol. The van der Waals surface area contributed by atoms with Crippen LogP contribution in [-0.4, -0.2) is 18.6 Å². The molecule has 1 aromatic carbocycles. The second-order valence-electron chi connectivity index (χ2n) is 4.91. The van der Waals surface area contributed by atoms with E-state index < -0.39 is 0 Å². The normalized spacial score (nSPS) is 15.9. The van der Waals surface area contributed by atoms with Crippen molar-refractivity contribution in [1.82, 2.24) is 5.32 Å². The van der Waals surface area contributed by atoms with Gasteiger partial charge in [-0.2, -0.15) is 0 Å². The molecule has 1 aromatic rings. The van der Waals surface area contributed by atoms with Gasteiger partial charge in [0.15, 0.2) is 0 Å². The standard InChI is InChI=1S/C14H19ClN2O2/c1-9(16)12-8-10(15)2-5-13(12)19-7-6-14(18)17-11-3-4-11/h2,5,8-9,11H,3-4,6-7,16H2,1H3,(H,17,18). The van der Waals surface area contributed by atoms with Gasteiger partial charge in [-0.15, -0.1) is 0 Å². The number of nitrogens with two attached hydrogens (primary N) is 1. The van der Waals surface area contributed by atoms with E-state index in [0.29, 0.717) is 29.8 Å². The van der Waals surface area contributed by atoms with Crippen LogP contribution < -0.4 is 15.8 Å². The number of carbonyl (C=O) groups excluding carboxylic acids is 1. The molecule has 2 rings (SSSR count). The Bertz CT molecular complexity index is 459. The molecule has 1 saturated carbocycles. The Balaban J connectivity index is 1.86. The SMILES string of the molecule is CC(N)c1cc(Cl)ccc1OCCC(=O)NC1CC1. The minimum absolute atomic E-state index is 0.0406. The van der Waals surface area contributed by atoms with Crippen LogP contribution in [0.2, 0.25) is 5.02 Å². The van der Waals surface area contributed by atoms with E-state index in [1.54, 1.807) is 18.2 Å². The molecule has 0 spiro atoms. The maximum Gasteiger partial charge on any atom is 0.223 e. The zero-order valence-corrected chi connectivity index (χ0v) is 11.7. The number of hydrogen-bond donors (Lipinski definition) is 2. The molecule has 1 aliphatic carbocycles. The highest BCUT2D eigenvalue weighted by Crippen LogP contribution is 2.27. The third-order valence-corrected chi connectivity index (χ3v) is 3.23. The predicted molar refractivity (Wildman–Crippen MR) is 75.3 cm³/mol. The van der Waals surface area contributed by atoms with Gasteiger partial charge in [-0.25, -0.2) is 0 Å². The molecule has 0 aromatic heterocycles. The molecule has 104 valence electrons. The third-order valence-electron chi connectivity index (χ3n) is 2.99. The quantitative estimate of drug-likeness (QED) is 0.842. The highest BCUT2D eigenvalue weighted by atomic mass is 35.5. The molecule has 5 heteroatoms. The Morgan fingerprint density at radius 1 is 1.58 bits per heavy atom. The molecule has 0 heterocycles. The van der Waals surface area contributed by atoms with Crippen molar-refractivity contribution >= 4 is 17.5 Å². The van der Waals surface area contributed by atoms with Crippen LogP contribution in [-0.2, 0) is 4.79 Å². The number of amides is 1. The number of hydrogen-bond acceptors (Lipinski definition) is 3. The van der Waals surface area contributed by atoms with Crippen molar-refractivity contribution in [3.8, 4) is 5.75 Å². The van der Waals surface area contributed by atoms with Crippen molar-refractivity contribution in [3.05, 3.63) is 28.8 Å². The summed E-state index contributed by atoms with van der Waals surface area (Å²) in [7, 11) is 0. The monoisotopic (exact) mass is 282 g/mol. The van der Waals surface area contributed by atoms with Crippen molar-refractivity contribution < 1.29 is 9.53 Å². The highest BCUT2D eigenvalue weighted by Gasteiger charge is 2.22. The molecular formula is C14H19ClN2O2. The van der Waals surface area contributed by atoms with Gasteiger partial charge in [-0.05, 0) is 38.0 Å². The molecule has 0 bridgehead atoms. The fourth-order valence-electron chi connectivity index (χ4n) is 1.79. The first kappa shape index (κ1) is 14.2. The smallest absolute Gasteiger partial charge is 0.223 e. The average molecular weight is 283 g/mol. The summed E-state index contributed by atoms with van der Waals surface area (Å²) in [6.45, 7) is 2.22. The zero-order valence-electron chi connectivity index (χ0n) is 11.0. The zero-order chi connectivity index (χ0) is 13.8. The first-order valence-corrected chi connectivity index (χ1v) is 6.91. The van der Waals surface area contributed by atoms with Crippen molar-refractivity contribution in [2.45, 2.75) is 38.3 Å². The molecule has 19 heavy (non-hydrogen) atoms. The Morgan fingerprint density at radius 2 is 2.32 bits per heavy atom. The first-order valence-electron chi connectivity index (χ1n) is 6.53. The van der Waals surface area contributed by atoms with Gasteiger partial charge in [0.25, 0.3) is 0 Å². The largest absolute Gasteiger partial charge is 0.493 e. The molecule has 1 aliphatic rings. The molecule has 1 amide bonds. The maximum absolute atomic E-state index is 11.5. The van der Waals surface area contributed by atoms with Gasteiger partial charge in [-0.1, -0.05) is 11.6 Å². The summed E-state index contributed by atoms with van der Waals surface area (Å²) >= 11 is 5.93. The van der Waals surface area contributed by atoms with E-state index in [0.717, 1.165) is 18.4 Å². The lowest BCUT2D eigenvalue weighted by atomic mass is 10.1. The lowest BCUT2D eigenvalue weighted by Gasteiger charge is -2.14. The minimum Gasteiger partial charge on any atom is -0.493 e. The summed E-state index contributed by atoms with van der Waals surface area (Å²) in [4.78, 5) is 11.5. The highest BCUT2D eigenvalue weighted by molar-refractivity contribution is 6.30. The van der Waals surface area contributed by atoms with Crippen LogP contribution in [0.5, 0.6) is 5.75 Å². The van der Waals surface area contributed by atoms with Crippen molar-refractivity contribution in [1.29, 1.82) is 0 Å². The van der Waals surface area contributed by atoms with E-state index in [1.807, 2.05) is 6.92 Å². The molecule has 0 radical (unpaired) electrons. The van der Waals surface area contributed by atoms with Gasteiger partial charge in [0.2, 0.25) is 5.91 Å². The summed E-state index contributed by atoms with van der Waals surface area (Å²) in [5.41, 5.74) is 6.73. The van der Waals surface area contributed by atoms with Crippen LogP contribution >= 0.6 is 11.6 Å². The van der Waals surface area contributed by atoms with E-state index in [9.17, 15) is 4.79 Å². The van der Waals surface area contributed by atoms with Crippen LogP contribution in [0.25, 0.3) is 0 Å². The van der Waals surface area contributed by atoms with Crippen molar-refractivity contribution in [2.75, 3.05) is 6.61 Å². The van der Waals surface area contributed by atoms with Crippen LogP contribution in [0, 0.1) is 0 Å².